The Balaban J connectivity index is 1.86. The molecule has 0 saturated heterocycles. The third-order valence-electron chi connectivity index (χ3n) is 3.41. The molecule has 3 heteroatoms. The van der Waals surface area contributed by atoms with Crippen LogP contribution in [0.5, 0.6) is 0 Å². The van der Waals surface area contributed by atoms with Gasteiger partial charge in [-0.2, -0.15) is 5.26 Å². The summed E-state index contributed by atoms with van der Waals surface area (Å²) in [5, 5.41) is 11.7. The van der Waals surface area contributed by atoms with E-state index in [1.165, 1.54) is 5.56 Å². The normalized spacial score (nSPS) is 11.4. The van der Waals surface area contributed by atoms with Crippen LogP contribution < -0.4 is 5.32 Å². The quantitative estimate of drug-likeness (QED) is 0.911. The zero-order chi connectivity index (χ0) is 15.1. The Kier molecular flexibility index (Phi) is 5.11. The van der Waals surface area contributed by atoms with Gasteiger partial charge in [-0.25, -0.2) is 0 Å². The second-order valence-electron chi connectivity index (χ2n) is 5.10. The Morgan fingerprint density at radius 3 is 2.67 bits per heavy atom. The van der Waals surface area contributed by atoms with Crippen molar-refractivity contribution in [2.24, 2.45) is 0 Å². The van der Waals surface area contributed by atoms with Crippen LogP contribution in [0.3, 0.4) is 0 Å². The summed E-state index contributed by atoms with van der Waals surface area (Å²) >= 11 is 0. The average molecular weight is 278 g/mol. The molecule has 2 rings (SSSR count). The average Bonchev–Trinajstić information content (AvgIpc) is 2.54. The first-order valence-corrected chi connectivity index (χ1v) is 6.99. The maximum absolute atomic E-state index is 12.0. The van der Waals surface area contributed by atoms with E-state index in [2.05, 4.69) is 11.4 Å². The van der Waals surface area contributed by atoms with E-state index in [4.69, 9.17) is 5.26 Å². The third-order valence-corrected chi connectivity index (χ3v) is 3.41. The highest BCUT2D eigenvalue weighted by atomic mass is 16.1. The Hall–Kier alpha value is -2.60. The highest BCUT2D eigenvalue weighted by Crippen LogP contribution is 2.18. The number of benzene rings is 2. The molecule has 0 aliphatic carbocycles. The molecule has 0 aliphatic heterocycles. The zero-order valence-electron chi connectivity index (χ0n) is 12.0. The third kappa shape index (κ3) is 4.47. The fourth-order valence-corrected chi connectivity index (χ4v) is 2.20. The molecule has 0 aliphatic rings. The molecule has 0 spiro atoms. The first-order chi connectivity index (χ1) is 10.2. The summed E-state index contributed by atoms with van der Waals surface area (Å²) in [5.74, 6) is 0.213. The van der Waals surface area contributed by atoms with Gasteiger partial charge in [-0.3, -0.25) is 4.79 Å². The van der Waals surface area contributed by atoms with Crippen LogP contribution in [0.2, 0.25) is 0 Å². The Labute approximate surface area is 125 Å². The Bertz CT molecular complexity index is 644. The first kappa shape index (κ1) is 14.8. The van der Waals surface area contributed by atoms with Crippen molar-refractivity contribution < 1.29 is 4.79 Å². The highest BCUT2D eigenvalue weighted by molar-refractivity contribution is 5.76. The largest absolute Gasteiger partial charge is 0.352 e. The van der Waals surface area contributed by atoms with Gasteiger partial charge in [-0.1, -0.05) is 49.4 Å². The highest BCUT2D eigenvalue weighted by Gasteiger charge is 2.10. The van der Waals surface area contributed by atoms with Gasteiger partial charge < -0.3 is 5.32 Å². The lowest BCUT2D eigenvalue weighted by Crippen LogP contribution is -2.24. The van der Waals surface area contributed by atoms with Gasteiger partial charge in [0.05, 0.1) is 11.6 Å². The lowest BCUT2D eigenvalue weighted by Gasteiger charge is -2.12. The minimum absolute atomic E-state index is 0.0220. The predicted molar refractivity (Wildman–Crippen MR) is 82.5 cm³/mol. The van der Waals surface area contributed by atoms with Crippen LogP contribution in [0.15, 0.2) is 54.6 Å². The number of hydrogen-bond donors (Lipinski definition) is 1. The van der Waals surface area contributed by atoms with Crippen molar-refractivity contribution in [3.63, 3.8) is 0 Å². The Morgan fingerprint density at radius 2 is 1.95 bits per heavy atom. The minimum Gasteiger partial charge on any atom is -0.352 e. The number of carbonyl (C=O) groups excluding carboxylic acids is 1. The van der Waals surface area contributed by atoms with Gasteiger partial charge in [-0.15, -0.1) is 0 Å². The van der Waals surface area contributed by atoms with Gasteiger partial charge in [0.1, 0.15) is 0 Å². The van der Waals surface area contributed by atoms with Crippen LogP contribution in [0, 0.1) is 11.3 Å². The van der Waals surface area contributed by atoms with E-state index < -0.39 is 0 Å². The summed E-state index contributed by atoms with van der Waals surface area (Å²) in [6.07, 6.45) is 0.460. The standard InChI is InChI=1S/C18H18N2O/c1-14(17-8-3-2-4-9-17)10-18(21)20-13-16-7-5-6-15(11-16)12-19/h2-9,11,14H,10,13H2,1H3,(H,20,21). The fraction of sp³-hybridized carbons (Fsp3) is 0.222. The van der Waals surface area contributed by atoms with E-state index in [1.807, 2.05) is 49.4 Å². The van der Waals surface area contributed by atoms with Crippen molar-refractivity contribution in [2.45, 2.75) is 25.8 Å². The van der Waals surface area contributed by atoms with Crippen LogP contribution in [0.4, 0.5) is 0 Å². The predicted octanol–water partition coefficient (Wildman–Crippen LogP) is 3.37. The molecule has 2 aromatic rings. The first-order valence-electron chi connectivity index (χ1n) is 6.99. The topological polar surface area (TPSA) is 52.9 Å². The SMILES string of the molecule is CC(CC(=O)NCc1cccc(C#N)c1)c1ccccc1. The van der Waals surface area contributed by atoms with Gasteiger partial charge >= 0.3 is 0 Å². The summed E-state index contributed by atoms with van der Waals surface area (Å²) in [6.45, 7) is 2.50. The van der Waals surface area contributed by atoms with E-state index in [9.17, 15) is 4.79 Å². The summed E-state index contributed by atoms with van der Waals surface area (Å²) in [6, 6.07) is 19.4. The lowest BCUT2D eigenvalue weighted by molar-refractivity contribution is -0.121. The minimum atomic E-state index is 0.0220. The summed E-state index contributed by atoms with van der Waals surface area (Å²) in [5.41, 5.74) is 2.72. The number of carbonyl (C=O) groups is 1. The van der Waals surface area contributed by atoms with Crippen molar-refractivity contribution >= 4 is 5.91 Å². The number of rotatable bonds is 5. The molecule has 0 fully saturated rings. The van der Waals surface area contributed by atoms with E-state index in [0.717, 1.165) is 5.56 Å². The van der Waals surface area contributed by atoms with E-state index in [-0.39, 0.29) is 11.8 Å². The van der Waals surface area contributed by atoms with Gasteiger partial charge in [0.25, 0.3) is 0 Å². The van der Waals surface area contributed by atoms with Crippen molar-refractivity contribution in [3.8, 4) is 6.07 Å². The van der Waals surface area contributed by atoms with Crippen LogP contribution in [-0.4, -0.2) is 5.91 Å². The molecule has 106 valence electrons. The maximum atomic E-state index is 12.0. The molecule has 0 radical (unpaired) electrons. The monoisotopic (exact) mass is 278 g/mol. The van der Waals surface area contributed by atoms with Crippen molar-refractivity contribution in [2.75, 3.05) is 0 Å². The summed E-state index contributed by atoms with van der Waals surface area (Å²) in [7, 11) is 0. The van der Waals surface area contributed by atoms with E-state index >= 15 is 0 Å². The van der Waals surface area contributed by atoms with E-state index in [0.29, 0.717) is 18.5 Å². The smallest absolute Gasteiger partial charge is 0.220 e. The van der Waals surface area contributed by atoms with Crippen LogP contribution >= 0.6 is 0 Å². The molecule has 1 N–H and O–H groups in total. The van der Waals surface area contributed by atoms with Crippen LogP contribution in [0.25, 0.3) is 0 Å². The lowest BCUT2D eigenvalue weighted by atomic mass is 9.97. The molecule has 1 unspecified atom stereocenters. The zero-order valence-corrected chi connectivity index (χ0v) is 12.0. The molecule has 1 atom stereocenters. The van der Waals surface area contributed by atoms with E-state index in [1.54, 1.807) is 12.1 Å². The molecule has 0 aromatic heterocycles. The molecule has 21 heavy (non-hydrogen) atoms. The number of hydrogen-bond acceptors (Lipinski definition) is 2. The Morgan fingerprint density at radius 1 is 1.19 bits per heavy atom. The van der Waals surface area contributed by atoms with Crippen LogP contribution in [0.1, 0.15) is 36.0 Å². The second-order valence-corrected chi connectivity index (χ2v) is 5.10. The molecule has 0 saturated carbocycles. The molecule has 0 heterocycles. The summed E-state index contributed by atoms with van der Waals surface area (Å²) in [4.78, 5) is 12.0. The van der Waals surface area contributed by atoms with Crippen LogP contribution in [-0.2, 0) is 11.3 Å². The number of amides is 1. The molecule has 0 bridgehead atoms. The fourth-order valence-electron chi connectivity index (χ4n) is 2.20. The molecule has 1 amide bonds. The van der Waals surface area contributed by atoms with Gasteiger partial charge in [0, 0.05) is 13.0 Å². The molecule has 2 aromatic carbocycles. The van der Waals surface area contributed by atoms with Gasteiger partial charge in [-0.05, 0) is 29.2 Å². The molecule has 3 nitrogen and oxygen atoms in total. The number of nitriles is 1. The maximum Gasteiger partial charge on any atom is 0.220 e. The van der Waals surface area contributed by atoms with Crippen molar-refractivity contribution in [3.05, 3.63) is 71.3 Å². The van der Waals surface area contributed by atoms with Crippen molar-refractivity contribution in [1.82, 2.24) is 5.32 Å². The molecular weight excluding hydrogens is 260 g/mol. The van der Waals surface area contributed by atoms with Gasteiger partial charge in [0.15, 0.2) is 0 Å². The van der Waals surface area contributed by atoms with Gasteiger partial charge in [0.2, 0.25) is 5.91 Å². The molecular formula is C18H18N2O. The van der Waals surface area contributed by atoms with Crippen molar-refractivity contribution in [1.29, 1.82) is 5.26 Å². The summed E-state index contributed by atoms with van der Waals surface area (Å²) < 4.78 is 0. The number of nitrogens with one attached hydrogen (secondary N) is 1. The number of nitrogens with zero attached hydrogens (tertiary/aromatic N) is 1. The second kappa shape index (κ2) is 7.25.